The molecular formula is C13H16BrNO3. The van der Waals surface area contributed by atoms with Crippen LogP contribution in [0.3, 0.4) is 0 Å². The number of amides is 1. The number of hydrogen-bond acceptors (Lipinski definition) is 3. The summed E-state index contributed by atoms with van der Waals surface area (Å²) in [5.41, 5.74) is 0.736. The van der Waals surface area contributed by atoms with Crippen LogP contribution < -0.4 is 4.90 Å². The molecule has 0 aliphatic rings. The van der Waals surface area contributed by atoms with Gasteiger partial charge in [-0.2, -0.15) is 0 Å². The molecule has 98 valence electrons. The van der Waals surface area contributed by atoms with Crippen LogP contribution in [0.25, 0.3) is 0 Å². The monoisotopic (exact) mass is 313 g/mol. The summed E-state index contributed by atoms with van der Waals surface area (Å²) in [5.74, 6) is -1.57. The van der Waals surface area contributed by atoms with Gasteiger partial charge in [-0.3, -0.25) is 9.59 Å². The van der Waals surface area contributed by atoms with Crippen molar-refractivity contribution in [3.63, 3.8) is 0 Å². The number of esters is 1. The van der Waals surface area contributed by atoms with Crippen molar-refractivity contribution >= 4 is 33.5 Å². The number of halogens is 1. The van der Waals surface area contributed by atoms with E-state index in [1.807, 2.05) is 12.1 Å². The first-order valence-corrected chi connectivity index (χ1v) is 6.46. The van der Waals surface area contributed by atoms with Gasteiger partial charge in [0.05, 0.1) is 6.61 Å². The van der Waals surface area contributed by atoms with Gasteiger partial charge in [0.2, 0.25) is 5.91 Å². The molecule has 1 atom stereocenters. The van der Waals surface area contributed by atoms with Crippen LogP contribution in [-0.4, -0.2) is 25.5 Å². The number of benzene rings is 1. The van der Waals surface area contributed by atoms with Crippen LogP contribution in [-0.2, 0) is 14.3 Å². The molecule has 5 heteroatoms. The fourth-order valence-electron chi connectivity index (χ4n) is 1.45. The molecule has 0 aliphatic heterocycles. The van der Waals surface area contributed by atoms with Crippen molar-refractivity contribution in [2.45, 2.75) is 13.8 Å². The van der Waals surface area contributed by atoms with Crippen molar-refractivity contribution in [3.8, 4) is 0 Å². The Kier molecular flexibility index (Phi) is 5.34. The third-order valence-electron chi connectivity index (χ3n) is 2.56. The first-order chi connectivity index (χ1) is 8.47. The molecule has 0 aliphatic carbocycles. The zero-order valence-corrected chi connectivity index (χ0v) is 12.2. The summed E-state index contributed by atoms with van der Waals surface area (Å²) < 4.78 is 5.77. The number of nitrogens with zero attached hydrogens (tertiary/aromatic N) is 1. The molecule has 0 heterocycles. The molecule has 0 saturated heterocycles. The van der Waals surface area contributed by atoms with Gasteiger partial charge in [0, 0.05) is 17.2 Å². The number of rotatable bonds is 4. The highest BCUT2D eigenvalue weighted by atomic mass is 79.9. The van der Waals surface area contributed by atoms with Gasteiger partial charge in [-0.1, -0.05) is 15.9 Å². The predicted molar refractivity (Wildman–Crippen MR) is 73.3 cm³/mol. The van der Waals surface area contributed by atoms with Crippen molar-refractivity contribution in [1.29, 1.82) is 0 Å². The van der Waals surface area contributed by atoms with Gasteiger partial charge in [-0.15, -0.1) is 0 Å². The maximum Gasteiger partial charge on any atom is 0.318 e. The van der Waals surface area contributed by atoms with Crippen molar-refractivity contribution in [2.75, 3.05) is 18.6 Å². The third-order valence-corrected chi connectivity index (χ3v) is 3.08. The quantitative estimate of drug-likeness (QED) is 0.634. The minimum atomic E-state index is -0.793. The fraction of sp³-hybridized carbons (Fsp3) is 0.385. The zero-order valence-electron chi connectivity index (χ0n) is 10.6. The lowest BCUT2D eigenvalue weighted by atomic mass is 10.1. The van der Waals surface area contributed by atoms with Gasteiger partial charge in [0.15, 0.2) is 0 Å². The summed E-state index contributed by atoms with van der Waals surface area (Å²) in [5, 5.41) is 0. The van der Waals surface area contributed by atoms with E-state index in [2.05, 4.69) is 15.9 Å². The molecule has 18 heavy (non-hydrogen) atoms. The van der Waals surface area contributed by atoms with E-state index in [0.29, 0.717) is 0 Å². The first kappa shape index (κ1) is 14.7. The van der Waals surface area contributed by atoms with Crippen LogP contribution in [0.15, 0.2) is 28.7 Å². The highest BCUT2D eigenvalue weighted by Gasteiger charge is 2.26. The van der Waals surface area contributed by atoms with Gasteiger partial charge in [-0.25, -0.2) is 0 Å². The molecule has 4 nitrogen and oxygen atoms in total. The molecule has 1 amide bonds. The van der Waals surface area contributed by atoms with Gasteiger partial charge in [0.1, 0.15) is 5.92 Å². The maximum absolute atomic E-state index is 12.1. The molecule has 0 radical (unpaired) electrons. The highest BCUT2D eigenvalue weighted by Crippen LogP contribution is 2.19. The molecule has 0 N–H and O–H groups in total. The fourth-order valence-corrected chi connectivity index (χ4v) is 1.71. The number of carbonyl (C=O) groups is 2. The number of anilines is 1. The molecular weight excluding hydrogens is 298 g/mol. The summed E-state index contributed by atoms with van der Waals surface area (Å²) >= 11 is 3.33. The Balaban J connectivity index is 2.77. The van der Waals surface area contributed by atoms with Crippen LogP contribution >= 0.6 is 15.9 Å². The van der Waals surface area contributed by atoms with E-state index in [0.717, 1.165) is 10.2 Å². The van der Waals surface area contributed by atoms with E-state index >= 15 is 0 Å². The molecule has 0 spiro atoms. The Morgan fingerprint density at radius 3 is 2.39 bits per heavy atom. The lowest BCUT2D eigenvalue weighted by molar-refractivity contribution is -0.150. The normalized spacial score (nSPS) is 11.8. The van der Waals surface area contributed by atoms with Gasteiger partial charge < -0.3 is 9.64 Å². The Morgan fingerprint density at radius 2 is 1.89 bits per heavy atom. The smallest absolute Gasteiger partial charge is 0.318 e. The second kappa shape index (κ2) is 6.54. The minimum Gasteiger partial charge on any atom is -0.465 e. The van der Waals surface area contributed by atoms with Crippen LogP contribution in [0.2, 0.25) is 0 Å². The minimum absolute atomic E-state index is 0.276. The van der Waals surface area contributed by atoms with E-state index in [-0.39, 0.29) is 12.5 Å². The summed E-state index contributed by atoms with van der Waals surface area (Å²) in [6.07, 6.45) is 0. The van der Waals surface area contributed by atoms with E-state index in [1.165, 1.54) is 4.90 Å². The Hall–Kier alpha value is -1.36. The molecule has 1 aromatic carbocycles. The van der Waals surface area contributed by atoms with E-state index in [4.69, 9.17) is 4.74 Å². The lowest BCUT2D eigenvalue weighted by Gasteiger charge is -2.20. The Labute approximate surface area is 115 Å². The van der Waals surface area contributed by atoms with Crippen LogP contribution in [0.1, 0.15) is 13.8 Å². The number of hydrogen-bond donors (Lipinski definition) is 0. The summed E-state index contributed by atoms with van der Waals surface area (Å²) in [6.45, 7) is 3.54. The van der Waals surface area contributed by atoms with E-state index in [1.54, 1.807) is 33.0 Å². The van der Waals surface area contributed by atoms with Crippen molar-refractivity contribution < 1.29 is 14.3 Å². The maximum atomic E-state index is 12.1. The zero-order chi connectivity index (χ0) is 13.7. The van der Waals surface area contributed by atoms with E-state index in [9.17, 15) is 9.59 Å². The largest absolute Gasteiger partial charge is 0.465 e. The summed E-state index contributed by atoms with van der Waals surface area (Å²) in [6, 6.07) is 7.29. The van der Waals surface area contributed by atoms with Crippen LogP contribution in [0, 0.1) is 5.92 Å². The molecule has 1 rings (SSSR count). The van der Waals surface area contributed by atoms with Gasteiger partial charge >= 0.3 is 5.97 Å². The molecule has 0 saturated carbocycles. The second-order valence-corrected chi connectivity index (χ2v) is 4.76. The van der Waals surface area contributed by atoms with E-state index < -0.39 is 11.9 Å². The Morgan fingerprint density at radius 1 is 1.33 bits per heavy atom. The summed E-state index contributed by atoms with van der Waals surface area (Å²) in [4.78, 5) is 25.0. The topological polar surface area (TPSA) is 46.6 Å². The van der Waals surface area contributed by atoms with Crippen molar-refractivity contribution in [3.05, 3.63) is 28.7 Å². The van der Waals surface area contributed by atoms with Crippen LogP contribution in [0.4, 0.5) is 5.69 Å². The predicted octanol–water partition coefficient (Wildman–Crippen LogP) is 2.61. The van der Waals surface area contributed by atoms with Gasteiger partial charge in [0.25, 0.3) is 0 Å². The second-order valence-electron chi connectivity index (χ2n) is 3.85. The first-order valence-electron chi connectivity index (χ1n) is 5.67. The molecule has 0 fully saturated rings. The standard InChI is InChI=1S/C13H16BrNO3/c1-4-18-13(17)9(2)12(16)15(3)11-7-5-10(14)6-8-11/h5-9H,4H2,1-3H3. The number of ether oxygens (including phenoxy) is 1. The highest BCUT2D eigenvalue weighted by molar-refractivity contribution is 9.10. The molecule has 0 bridgehead atoms. The Bertz CT molecular complexity index is 430. The lowest BCUT2D eigenvalue weighted by Crippen LogP contribution is -2.36. The third kappa shape index (κ3) is 3.57. The number of carbonyl (C=O) groups excluding carboxylic acids is 2. The van der Waals surface area contributed by atoms with Gasteiger partial charge in [-0.05, 0) is 38.1 Å². The molecule has 0 aromatic heterocycles. The van der Waals surface area contributed by atoms with Crippen molar-refractivity contribution in [2.24, 2.45) is 5.92 Å². The molecule has 1 unspecified atom stereocenters. The molecule has 1 aromatic rings. The van der Waals surface area contributed by atoms with Crippen molar-refractivity contribution in [1.82, 2.24) is 0 Å². The SMILES string of the molecule is CCOC(=O)C(C)C(=O)N(C)c1ccc(Br)cc1. The summed E-state index contributed by atoms with van der Waals surface area (Å²) in [7, 11) is 1.64. The average Bonchev–Trinajstić information content (AvgIpc) is 2.37. The van der Waals surface area contributed by atoms with Crippen LogP contribution in [0.5, 0.6) is 0 Å². The average molecular weight is 314 g/mol.